The smallest absolute Gasteiger partial charge is 0.338 e. The first-order valence-electron chi connectivity index (χ1n) is 7.95. The molecule has 0 radical (unpaired) electrons. The first kappa shape index (κ1) is 18.6. The third-order valence-corrected chi connectivity index (χ3v) is 4.39. The lowest BCUT2D eigenvalue weighted by atomic mass is 10.1. The fourth-order valence-corrected chi connectivity index (χ4v) is 2.88. The van der Waals surface area contributed by atoms with Crippen LogP contribution < -0.4 is 5.43 Å². The number of hydrogen-bond donors (Lipinski definition) is 1. The normalized spacial score (nSPS) is 10.7. The molecule has 3 rings (SSSR count). The maximum Gasteiger partial charge on any atom is 0.338 e. The van der Waals surface area contributed by atoms with Crippen LogP contribution in [0, 0.1) is 0 Å². The van der Waals surface area contributed by atoms with Gasteiger partial charge in [-0.3, -0.25) is 4.79 Å². The van der Waals surface area contributed by atoms with Crippen LogP contribution >= 0.6 is 15.9 Å². The highest BCUT2D eigenvalue weighted by molar-refractivity contribution is 9.10. The van der Waals surface area contributed by atoms with Crippen LogP contribution in [0.5, 0.6) is 0 Å². The zero-order valence-electron chi connectivity index (χ0n) is 14.3. The highest BCUT2D eigenvalue weighted by Gasteiger charge is 2.15. The van der Waals surface area contributed by atoms with Gasteiger partial charge in [-0.1, -0.05) is 30.3 Å². The second-order valence-corrected chi connectivity index (χ2v) is 6.27. The number of carbonyl (C=O) groups excluding carboxylic acids is 2. The zero-order chi connectivity index (χ0) is 19.2. The molecular weight excluding hydrogens is 412 g/mol. The lowest BCUT2D eigenvalue weighted by molar-refractivity contribution is 0.0601. The summed E-state index contributed by atoms with van der Waals surface area (Å²) in [6.45, 7) is 0. The Bertz CT molecular complexity index is 1010. The maximum absolute atomic E-state index is 12.1. The van der Waals surface area contributed by atoms with Gasteiger partial charge in [-0.2, -0.15) is 5.10 Å². The largest absolute Gasteiger partial charge is 0.465 e. The number of hydrazone groups is 1. The van der Waals surface area contributed by atoms with E-state index in [4.69, 9.17) is 9.15 Å². The summed E-state index contributed by atoms with van der Waals surface area (Å²) in [4.78, 5) is 24.0. The summed E-state index contributed by atoms with van der Waals surface area (Å²) in [6, 6.07) is 17.4. The predicted molar refractivity (Wildman–Crippen MR) is 105 cm³/mol. The van der Waals surface area contributed by atoms with E-state index in [1.165, 1.54) is 13.3 Å². The number of halogens is 1. The minimum absolute atomic E-state index is 0.346. The van der Waals surface area contributed by atoms with Gasteiger partial charge < -0.3 is 9.15 Å². The molecule has 0 unspecified atom stereocenters. The zero-order valence-corrected chi connectivity index (χ0v) is 15.9. The van der Waals surface area contributed by atoms with Crippen molar-refractivity contribution in [3.63, 3.8) is 0 Å². The number of nitrogens with zero attached hydrogens (tertiary/aromatic N) is 1. The third-order valence-electron chi connectivity index (χ3n) is 3.70. The molecule has 1 aromatic heterocycles. The quantitative estimate of drug-likeness (QED) is 0.375. The number of rotatable bonds is 5. The summed E-state index contributed by atoms with van der Waals surface area (Å²) in [5.74, 6) is 0.131. The van der Waals surface area contributed by atoms with Crippen LogP contribution in [0.3, 0.4) is 0 Å². The molecule has 0 saturated carbocycles. The van der Waals surface area contributed by atoms with E-state index in [2.05, 4.69) is 26.5 Å². The number of carbonyl (C=O) groups is 2. The topological polar surface area (TPSA) is 80.9 Å². The molecule has 0 aliphatic rings. The number of nitrogens with one attached hydrogen (secondary N) is 1. The molecule has 0 spiro atoms. The van der Waals surface area contributed by atoms with Crippen molar-refractivity contribution in [1.29, 1.82) is 0 Å². The van der Waals surface area contributed by atoms with Crippen LogP contribution in [0.1, 0.15) is 26.5 Å². The summed E-state index contributed by atoms with van der Waals surface area (Å²) in [5.41, 5.74) is 3.93. The predicted octanol–water partition coefficient (Wildman–Crippen LogP) is 4.26. The Hall–Kier alpha value is -3.19. The molecule has 6 nitrogen and oxygen atoms in total. The van der Waals surface area contributed by atoms with Gasteiger partial charge in [-0.05, 0) is 46.3 Å². The fraction of sp³-hybridized carbons (Fsp3) is 0.0500. The molecule has 0 aliphatic heterocycles. The Morgan fingerprint density at radius 1 is 1.04 bits per heavy atom. The van der Waals surface area contributed by atoms with Crippen molar-refractivity contribution in [2.75, 3.05) is 7.11 Å². The summed E-state index contributed by atoms with van der Waals surface area (Å²) < 4.78 is 11.2. The van der Waals surface area contributed by atoms with E-state index in [9.17, 15) is 9.59 Å². The Kier molecular flexibility index (Phi) is 5.83. The van der Waals surface area contributed by atoms with Gasteiger partial charge in [-0.25, -0.2) is 10.2 Å². The third kappa shape index (κ3) is 4.32. The molecule has 3 aromatic rings. The molecule has 2 aromatic carbocycles. The van der Waals surface area contributed by atoms with Crippen LogP contribution in [0.4, 0.5) is 0 Å². The molecule has 7 heteroatoms. The molecule has 0 aliphatic carbocycles. The molecule has 0 fully saturated rings. The van der Waals surface area contributed by atoms with Gasteiger partial charge in [0.05, 0.1) is 24.5 Å². The first-order chi connectivity index (χ1) is 13.1. The van der Waals surface area contributed by atoms with Gasteiger partial charge >= 0.3 is 5.97 Å². The summed E-state index contributed by atoms with van der Waals surface area (Å²) in [5, 5.41) is 3.91. The lowest BCUT2D eigenvalue weighted by Crippen LogP contribution is -2.17. The number of esters is 1. The van der Waals surface area contributed by atoms with E-state index < -0.39 is 5.97 Å². The minimum Gasteiger partial charge on any atom is -0.465 e. The van der Waals surface area contributed by atoms with Gasteiger partial charge in [0.2, 0.25) is 0 Å². The molecule has 0 atom stereocenters. The molecular formula is C20H15BrN2O4. The van der Waals surface area contributed by atoms with Gasteiger partial charge in [0, 0.05) is 10.0 Å². The Morgan fingerprint density at radius 2 is 1.74 bits per heavy atom. The molecule has 0 bridgehead atoms. The summed E-state index contributed by atoms with van der Waals surface area (Å²) in [6.07, 6.45) is 1.39. The van der Waals surface area contributed by atoms with Crippen LogP contribution in [0.15, 0.2) is 74.7 Å². The molecule has 27 heavy (non-hydrogen) atoms. The molecule has 1 amide bonds. The number of furan rings is 1. The van der Waals surface area contributed by atoms with E-state index in [1.54, 1.807) is 54.6 Å². The second-order valence-electron chi connectivity index (χ2n) is 5.42. The van der Waals surface area contributed by atoms with E-state index in [1.807, 2.05) is 6.07 Å². The van der Waals surface area contributed by atoms with E-state index in [-0.39, 0.29) is 5.91 Å². The molecule has 136 valence electrons. The Morgan fingerprint density at radius 3 is 2.48 bits per heavy atom. The van der Waals surface area contributed by atoms with Crippen molar-refractivity contribution in [2.45, 2.75) is 0 Å². The van der Waals surface area contributed by atoms with Gasteiger partial charge in [-0.15, -0.1) is 0 Å². The van der Waals surface area contributed by atoms with Gasteiger partial charge in [0.25, 0.3) is 5.91 Å². The van der Waals surface area contributed by atoms with Gasteiger partial charge in [0.1, 0.15) is 11.5 Å². The van der Waals surface area contributed by atoms with E-state index >= 15 is 0 Å². The highest BCUT2D eigenvalue weighted by Crippen LogP contribution is 2.26. The van der Waals surface area contributed by atoms with Gasteiger partial charge in [0.15, 0.2) is 0 Å². The van der Waals surface area contributed by atoms with Crippen molar-refractivity contribution >= 4 is 34.0 Å². The van der Waals surface area contributed by atoms with Crippen LogP contribution in [-0.4, -0.2) is 25.2 Å². The number of benzene rings is 2. The second kappa shape index (κ2) is 8.46. The van der Waals surface area contributed by atoms with Crippen molar-refractivity contribution < 1.29 is 18.7 Å². The Balaban J connectivity index is 1.74. The van der Waals surface area contributed by atoms with E-state index in [0.717, 1.165) is 0 Å². The van der Waals surface area contributed by atoms with Crippen LogP contribution in [0.2, 0.25) is 0 Å². The summed E-state index contributed by atoms with van der Waals surface area (Å²) >= 11 is 3.32. The molecule has 1 heterocycles. The maximum atomic E-state index is 12.1. The number of ether oxygens (including phenoxy) is 1. The highest BCUT2D eigenvalue weighted by atomic mass is 79.9. The average molecular weight is 427 g/mol. The molecule has 1 N–H and O–H groups in total. The monoisotopic (exact) mass is 426 g/mol. The average Bonchev–Trinajstić information content (AvgIpc) is 3.16. The lowest BCUT2D eigenvalue weighted by Gasteiger charge is -2.04. The summed E-state index contributed by atoms with van der Waals surface area (Å²) in [7, 11) is 1.33. The van der Waals surface area contributed by atoms with Crippen molar-refractivity contribution in [3.05, 3.63) is 82.0 Å². The number of hydrogen-bond acceptors (Lipinski definition) is 5. The SMILES string of the molecule is COC(=O)c1ccccc1-c1ccc(/C=N\NC(=O)c2ccccc2Br)o1. The minimum atomic E-state index is -0.446. The van der Waals surface area contributed by atoms with Crippen molar-refractivity contribution in [3.8, 4) is 11.3 Å². The first-order valence-corrected chi connectivity index (χ1v) is 8.75. The van der Waals surface area contributed by atoms with E-state index in [0.29, 0.717) is 32.7 Å². The van der Waals surface area contributed by atoms with Crippen LogP contribution in [-0.2, 0) is 4.74 Å². The fourth-order valence-electron chi connectivity index (χ4n) is 2.41. The molecule has 0 saturated heterocycles. The van der Waals surface area contributed by atoms with Crippen molar-refractivity contribution in [1.82, 2.24) is 5.43 Å². The van der Waals surface area contributed by atoms with Crippen LogP contribution in [0.25, 0.3) is 11.3 Å². The standard InChI is InChI=1S/C20H15BrN2O4/c1-26-20(25)15-7-3-2-6-14(15)18-11-10-13(27-18)12-22-23-19(24)16-8-4-5-9-17(16)21/h2-12H,1H3,(H,23,24)/b22-12-. The number of methoxy groups -OCH3 is 1. The Labute approximate surface area is 164 Å². The van der Waals surface area contributed by atoms with Crippen molar-refractivity contribution in [2.24, 2.45) is 5.10 Å². The number of amides is 1.